The van der Waals surface area contributed by atoms with Crippen molar-refractivity contribution >= 4 is 25.6 Å². The second-order valence-electron chi connectivity index (χ2n) is 14.1. The van der Waals surface area contributed by atoms with E-state index in [0.717, 1.165) is 0 Å². The molecular formula is C37H39Cl2SiZr. The summed E-state index contributed by atoms with van der Waals surface area (Å²) < 4.78 is 2.50. The van der Waals surface area contributed by atoms with Crippen molar-refractivity contribution in [2.45, 2.75) is 69.8 Å². The molecular weight excluding hydrogens is 635 g/mol. The summed E-state index contributed by atoms with van der Waals surface area (Å²) >= 11 is -1.94. The van der Waals surface area contributed by atoms with Gasteiger partial charge in [-0.1, -0.05) is 0 Å². The first-order valence-corrected chi connectivity index (χ1v) is 23.2. The second-order valence-corrected chi connectivity index (χ2v) is 29.1. The summed E-state index contributed by atoms with van der Waals surface area (Å²) in [4.78, 5) is 0. The van der Waals surface area contributed by atoms with Crippen LogP contribution in [0.1, 0.15) is 79.9 Å². The Hall–Kier alpha value is -1.70. The number of hydrogen-bond acceptors (Lipinski definition) is 0. The predicted molar refractivity (Wildman–Crippen MR) is 168 cm³/mol. The van der Waals surface area contributed by atoms with Crippen LogP contribution in [0.25, 0.3) is 28.3 Å². The Bertz CT molecular complexity index is 1690. The van der Waals surface area contributed by atoms with Crippen LogP contribution < -0.4 is 38.5 Å². The quantitative estimate of drug-likeness (QED) is 0.284. The fourth-order valence-electron chi connectivity index (χ4n) is 7.38. The van der Waals surface area contributed by atoms with Crippen molar-refractivity contribution in [1.29, 1.82) is 0 Å². The fourth-order valence-corrected chi connectivity index (χ4v) is 33.7. The van der Waals surface area contributed by atoms with Crippen LogP contribution in [0.5, 0.6) is 0 Å². The van der Waals surface area contributed by atoms with Gasteiger partial charge < -0.3 is 24.8 Å². The molecule has 2 atom stereocenters. The Morgan fingerprint density at radius 1 is 0.707 bits per heavy atom. The molecule has 2 heterocycles. The topological polar surface area (TPSA) is 0 Å². The molecule has 41 heavy (non-hydrogen) atoms. The monoisotopic (exact) mass is 671 g/mol. The van der Waals surface area contributed by atoms with E-state index in [0.29, 0.717) is 3.63 Å². The minimum Gasteiger partial charge on any atom is -1.00 e. The number of hydrogen-bond donors (Lipinski definition) is 0. The Labute approximate surface area is 267 Å². The zero-order chi connectivity index (χ0) is 27.4. The van der Waals surface area contributed by atoms with Gasteiger partial charge >= 0.3 is 245 Å². The standard InChI is InChI=1S/C25H31.C12H8Si.2ClH.Zr/c1-16-11-18-10-9-17(2)23(22(18)12-16)19-13-20(24(3,4)5)15-21(14-19)25(6,7)8;1-3-7-11-9(5-1)10-6-2-4-8-12(10)13-11;;;/h9-15H,1-8H3;1-7,13H;2*1H;/q;;;;+2/p-2. The third-order valence-corrected chi connectivity index (χ3v) is 32.0. The molecule has 0 saturated carbocycles. The number of halogens is 2. The summed E-state index contributed by atoms with van der Waals surface area (Å²) in [5.41, 5.74) is 15.3. The second kappa shape index (κ2) is 10.5. The number of benzene rings is 4. The van der Waals surface area contributed by atoms with Gasteiger partial charge in [0.1, 0.15) is 0 Å². The molecule has 0 bridgehead atoms. The molecule has 0 amide bonds. The van der Waals surface area contributed by atoms with Gasteiger partial charge in [-0.05, 0) is 0 Å². The van der Waals surface area contributed by atoms with Crippen molar-refractivity contribution in [3.8, 4) is 22.3 Å². The van der Waals surface area contributed by atoms with Crippen LogP contribution in [0.3, 0.4) is 0 Å². The summed E-state index contributed by atoms with van der Waals surface area (Å²) in [5.74, 6) is -1.06. The zero-order valence-electron chi connectivity index (χ0n) is 25.4. The molecule has 0 radical (unpaired) electrons. The van der Waals surface area contributed by atoms with E-state index in [-0.39, 0.29) is 35.6 Å². The molecule has 0 spiro atoms. The Morgan fingerprint density at radius 3 is 2.00 bits per heavy atom. The van der Waals surface area contributed by atoms with Gasteiger partial charge in [-0.3, -0.25) is 0 Å². The van der Waals surface area contributed by atoms with E-state index in [1.54, 1.807) is 27.5 Å². The van der Waals surface area contributed by atoms with Crippen LogP contribution in [0.4, 0.5) is 0 Å². The predicted octanol–water partition coefficient (Wildman–Crippen LogP) is 1.50. The van der Waals surface area contributed by atoms with E-state index in [9.17, 15) is 0 Å². The van der Waals surface area contributed by atoms with Gasteiger partial charge in [0.05, 0.1) is 0 Å². The molecule has 4 aromatic rings. The van der Waals surface area contributed by atoms with Gasteiger partial charge in [-0.2, -0.15) is 0 Å². The first-order valence-electron chi connectivity index (χ1n) is 14.5. The molecule has 209 valence electrons. The van der Waals surface area contributed by atoms with E-state index in [2.05, 4.69) is 134 Å². The Kier molecular flexibility index (Phi) is 7.86. The maximum atomic E-state index is 2.59. The van der Waals surface area contributed by atoms with Gasteiger partial charge in [0.2, 0.25) is 0 Å². The van der Waals surface area contributed by atoms with E-state index < -0.39 is 26.8 Å². The number of aryl methyl sites for hydroxylation is 1. The number of allylic oxidation sites excluding steroid dienone is 1. The maximum absolute atomic E-state index is 2.59. The normalized spacial score (nSPS) is 18.0. The van der Waals surface area contributed by atoms with E-state index in [1.807, 2.05) is 8.46 Å². The van der Waals surface area contributed by atoms with E-state index in [1.165, 1.54) is 33.4 Å². The molecule has 7 rings (SSSR count). The van der Waals surface area contributed by atoms with Crippen LogP contribution in [-0.4, -0.2) is 5.92 Å². The molecule has 2 unspecified atom stereocenters. The summed E-state index contributed by atoms with van der Waals surface area (Å²) in [7, 11) is 0. The molecule has 3 aliphatic rings. The largest absolute Gasteiger partial charge is 1.00 e. The average molecular weight is 674 g/mol. The van der Waals surface area contributed by atoms with Gasteiger partial charge in [-0.25, -0.2) is 0 Å². The SMILES string of the molecule is CC1=Cc2c(ccc(C)c2-c2cc(C(C)(C)C)cc(C(C)(C)C)c2)[CH]1[Zr+2]1[c]2cccc3c2[SiH]1c1ccccc1-3.[Cl-].[Cl-]. The van der Waals surface area contributed by atoms with Crippen molar-refractivity contribution in [2.24, 2.45) is 0 Å². The molecule has 1 aliphatic carbocycles. The molecule has 0 saturated heterocycles. The molecule has 0 N–H and O–H groups in total. The van der Waals surface area contributed by atoms with Crippen molar-refractivity contribution in [3.63, 3.8) is 0 Å². The molecule has 0 aromatic heterocycles. The Balaban J connectivity index is 0.00000169. The van der Waals surface area contributed by atoms with E-state index in [4.69, 9.17) is 0 Å². The molecule has 0 fully saturated rings. The van der Waals surface area contributed by atoms with Crippen LogP contribution in [0.15, 0.2) is 78.4 Å². The molecule has 4 aromatic carbocycles. The first-order chi connectivity index (χ1) is 18.4. The van der Waals surface area contributed by atoms with Crippen molar-refractivity contribution in [1.82, 2.24) is 0 Å². The average Bonchev–Trinajstić information content (AvgIpc) is 3.36. The van der Waals surface area contributed by atoms with Crippen LogP contribution in [0.2, 0.25) is 0 Å². The van der Waals surface area contributed by atoms with Crippen LogP contribution in [-0.2, 0) is 31.7 Å². The third kappa shape index (κ3) is 4.64. The van der Waals surface area contributed by atoms with Gasteiger partial charge in [0.25, 0.3) is 0 Å². The minimum absolute atomic E-state index is 0. The summed E-state index contributed by atoms with van der Waals surface area (Å²) in [5, 5.41) is 3.57. The minimum atomic E-state index is -1.94. The van der Waals surface area contributed by atoms with Crippen LogP contribution in [0, 0.1) is 6.92 Å². The molecule has 4 heteroatoms. The van der Waals surface area contributed by atoms with Crippen molar-refractivity contribution in [3.05, 3.63) is 106 Å². The van der Waals surface area contributed by atoms with Gasteiger partial charge in [0.15, 0.2) is 0 Å². The summed E-state index contributed by atoms with van der Waals surface area (Å²) in [6.07, 6.45) is 2.59. The first kappa shape index (κ1) is 30.7. The number of rotatable bonds is 2. The summed E-state index contributed by atoms with van der Waals surface area (Å²) in [6.45, 7) is 18.9. The summed E-state index contributed by atoms with van der Waals surface area (Å²) in [6, 6.07) is 29.0. The fraction of sp³-hybridized carbons (Fsp3) is 0.297. The maximum Gasteiger partial charge on any atom is -1.00 e. The molecule has 0 nitrogen and oxygen atoms in total. The zero-order valence-corrected chi connectivity index (χ0v) is 30.5. The van der Waals surface area contributed by atoms with Crippen molar-refractivity contribution in [2.75, 3.05) is 0 Å². The third-order valence-electron chi connectivity index (χ3n) is 9.47. The van der Waals surface area contributed by atoms with E-state index >= 15 is 0 Å². The van der Waals surface area contributed by atoms with Gasteiger partial charge in [0, 0.05) is 0 Å². The molecule has 2 aliphatic heterocycles. The van der Waals surface area contributed by atoms with Crippen LogP contribution >= 0.6 is 0 Å². The van der Waals surface area contributed by atoms with Crippen molar-refractivity contribution < 1.29 is 45.7 Å². The smallest absolute Gasteiger partial charge is 1.00 e. The Morgan fingerprint density at radius 2 is 1.34 bits per heavy atom. The van der Waals surface area contributed by atoms with Gasteiger partial charge in [-0.15, -0.1) is 0 Å². The number of fused-ring (bicyclic) bond motifs is 4.